The Kier molecular flexibility index (Phi) is 7.18. The Labute approximate surface area is 160 Å². The van der Waals surface area contributed by atoms with E-state index in [1.165, 1.54) is 0 Å². The summed E-state index contributed by atoms with van der Waals surface area (Å²) < 4.78 is 29.7. The molecule has 7 atom stereocenters. The van der Waals surface area contributed by atoms with Gasteiger partial charge >= 0.3 is 0 Å². The summed E-state index contributed by atoms with van der Waals surface area (Å²) in [7, 11) is 0. The molecule has 1 aliphatic carbocycles. The average molecular weight is 376 g/mol. The Morgan fingerprint density at radius 2 is 1.48 bits per heavy atom. The fourth-order valence-corrected chi connectivity index (χ4v) is 3.62. The zero-order valence-corrected chi connectivity index (χ0v) is 15.6. The molecule has 2 fully saturated rings. The summed E-state index contributed by atoms with van der Waals surface area (Å²) >= 11 is 0. The summed E-state index contributed by atoms with van der Waals surface area (Å²) in [5.41, 5.74) is 1.01. The van der Waals surface area contributed by atoms with Crippen LogP contribution in [0.5, 0.6) is 0 Å². The Hall–Kier alpha value is -1.54. The highest BCUT2D eigenvalue weighted by molar-refractivity contribution is 5.14. The lowest BCUT2D eigenvalue weighted by atomic mass is 9.83. The minimum atomic E-state index is -0.917. The molecule has 0 amide bonds. The lowest BCUT2D eigenvalue weighted by Crippen LogP contribution is -2.70. The molecular weight excluding hydrogens is 348 g/mol. The van der Waals surface area contributed by atoms with Gasteiger partial charge in [0, 0.05) is 0 Å². The molecule has 0 aromatic heterocycles. The summed E-state index contributed by atoms with van der Waals surface area (Å²) in [5, 5.41) is 10.9. The third-order valence-corrected chi connectivity index (χ3v) is 4.76. The van der Waals surface area contributed by atoms with Gasteiger partial charge in [-0.3, -0.25) is 0 Å². The molecule has 1 saturated heterocycles. The second kappa shape index (κ2) is 9.59. The van der Waals surface area contributed by atoms with Crippen LogP contribution in [0.2, 0.25) is 0 Å². The standard InChI is InChI=1S/C21H28O6/c1-4-11-23-17-16(22)18(25-13-15-9-7-6-8-10-15)21-19(24-12-5-2)20(17)26-14(3)27-21/h4-10,14,16-22H,1-2,11-13H2,3H3/t14-,16+,17+,18+,19+,20-,21+/m0/s1. The number of fused-ring (bicyclic) bond motifs is 2. The number of aliphatic hydroxyl groups is 1. The molecule has 0 unspecified atom stereocenters. The van der Waals surface area contributed by atoms with Crippen LogP contribution in [0, 0.1) is 0 Å². The van der Waals surface area contributed by atoms with E-state index in [1.807, 2.05) is 37.3 Å². The Balaban J connectivity index is 1.81. The van der Waals surface area contributed by atoms with Crippen molar-refractivity contribution in [2.75, 3.05) is 13.2 Å². The van der Waals surface area contributed by atoms with E-state index in [1.54, 1.807) is 12.2 Å². The van der Waals surface area contributed by atoms with Crippen LogP contribution in [0.25, 0.3) is 0 Å². The van der Waals surface area contributed by atoms with Crippen LogP contribution < -0.4 is 0 Å². The molecule has 148 valence electrons. The first-order chi connectivity index (χ1) is 13.2. The molecule has 1 aliphatic heterocycles. The Morgan fingerprint density at radius 3 is 2.07 bits per heavy atom. The van der Waals surface area contributed by atoms with E-state index in [0.29, 0.717) is 19.8 Å². The number of rotatable bonds is 9. The topological polar surface area (TPSA) is 66.4 Å². The SMILES string of the molecule is C=CCO[C@@H]1[C@H]2O[C@H](C)O[C@@H]1[C@H](OCc1ccccc1)[C@H](O)[C@H]2OCC=C. The van der Waals surface area contributed by atoms with Gasteiger partial charge in [0.25, 0.3) is 0 Å². The maximum absolute atomic E-state index is 10.9. The highest BCUT2D eigenvalue weighted by atomic mass is 16.7. The molecule has 2 aliphatic rings. The number of ether oxygens (including phenoxy) is 5. The van der Waals surface area contributed by atoms with Crippen LogP contribution in [0.1, 0.15) is 12.5 Å². The summed E-state index contributed by atoms with van der Waals surface area (Å²) in [4.78, 5) is 0. The van der Waals surface area contributed by atoms with Crippen molar-refractivity contribution in [3.8, 4) is 0 Å². The van der Waals surface area contributed by atoms with Gasteiger partial charge in [-0.1, -0.05) is 42.5 Å². The largest absolute Gasteiger partial charge is 0.387 e. The summed E-state index contributed by atoms with van der Waals surface area (Å²) in [5.74, 6) is 0. The van der Waals surface area contributed by atoms with Crippen LogP contribution in [-0.2, 0) is 30.3 Å². The number of aliphatic hydroxyl groups excluding tert-OH is 1. The highest BCUT2D eigenvalue weighted by Gasteiger charge is 2.57. The van der Waals surface area contributed by atoms with Crippen LogP contribution in [-0.4, -0.2) is 61.2 Å². The van der Waals surface area contributed by atoms with Crippen molar-refractivity contribution in [2.24, 2.45) is 0 Å². The van der Waals surface area contributed by atoms with Crippen LogP contribution in [0.3, 0.4) is 0 Å². The molecule has 6 nitrogen and oxygen atoms in total. The lowest BCUT2D eigenvalue weighted by molar-refractivity contribution is -0.361. The molecule has 1 N–H and O–H groups in total. The fraction of sp³-hybridized carbons (Fsp3) is 0.524. The van der Waals surface area contributed by atoms with Crippen molar-refractivity contribution in [3.05, 3.63) is 61.2 Å². The van der Waals surface area contributed by atoms with Gasteiger partial charge in [-0.05, 0) is 12.5 Å². The molecule has 0 spiro atoms. The first-order valence-electron chi connectivity index (χ1n) is 9.25. The second-order valence-corrected chi connectivity index (χ2v) is 6.69. The van der Waals surface area contributed by atoms with E-state index in [2.05, 4.69) is 13.2 Å². The van der Waals surface area contributed by atoms with Gasteiger partial charge in [-0.15, -0.1) is 13.2 Å². The summed E-state index contributed by atoms with van der Waals surface area (Å²) in [6.07, 6.45) is -0.651. The monoisotopic (exact) mass is 376 g/mol. The quantitative estimate of drug-likeness (QED) is 0.667. The fourth-order valence-electron chi connectivity index (χ4n) is 3.62. The van der Waals surface area contributed by atoms with Gasteiger partial charge in [-0.25, -0.2) is 0 Å². The average Bonchev–Trinajstić information content (AvgIpc) is 2.67. The molecule has 1 aromatic carbocycles. The van der Waals surface area contributed by atoms with Crippen molar-refractivity contribution < 1.29 is 28.8 Å². The first-order valence-corrected chi connectivity index (χ1v) is 9.25. The highest BCUT2D eigenvalue weighted by Crippen LogP contribution is 2.37. The lowest BCUT2D eigenvalue weighted by Gasteiger charge is -2.52. The van der Waals surface area contributed by atoms with Gasteiger partial charge < -0.3 is 28.8 Å². The maximum Gasteiger partial charge on any atom is 0.156 e. The zero-order valence-electron chi connectivity index (χ0n) is 15.6. The molecule has 6 heteroatoms. The normalized spacial score (nSPS) is 35.6. The van der Waals surface area contributed by atoms with Crippen molar-refractivity contribution in [1.29, 1.82) is 0 Å². The molecule has 1 saturated carbocycles. The first kappa shape index (κ1) is 20.2. The zero-order chi connectivity index (χ0) is 19.2. The molecule has 0 radical (unpaired) electrons. The molecule has 2 bridgehead atoms. The van der Waals surface area contributed by atoms with Gasteiger partial charge in [0.15, 0.2) is 6.29 Å². The molecule has 3 rings (SSSR count). The number of hydrogen-bond acceptors (Lipinski definition) is 6. The number of benzene rings is 1. The smallest absolute Gasteiger partial charge is 0.156 e. The van der Waals surface area contributed by atoms with Gasteiger partial charge in [0.1, 0.15) is 36.6 Å². The van der Waals surface area contributed by atoms with Crippen LogP contribution in [0.4, 0.5) is 0 Å². The van der Waals surface area contributed by atoms with Crippen LogP contribution >= 0.6 is 0 Å². The van der Waals surface area contributed by atoms with E-state index in [4.69, 9.17) is 23.7 Å². The Morgan fingerprint density at radius 1 is 0.926 bits per heavy atom. The molecule has 1 heterocycles. The van der Waals surface area contributed by atoms with E-state index >= 15 is 0 Å². The van der Waals surface area contributed by atoms with Gasteiger partial charge in [0.2, 0.25) is 0 Å². The van der Waals surface area contributed by atoms with Crippen molar-refractivity contribution in [1.82, 2.24) is 0 Å². The van der Waals surface area contributed by atoms with Crippen LogP contribution in [0.15, 0.2) is 55.6 Å². The van der Waals surface area contributed by atoms with Gasteiger partial charge in [-0.2, -0.15) is 0 Å². The maximum atomic E-state index is 10.9. The Bertz CT molecular complexity index is 592. The minimum absolute atomic E-state index is 0.293. The number of hydrogen-bond donors (Lipinski definition) is 1. The predicted octanol–water partition coefficient (Wildman–Crippen LogP) is 2.22. The van der Waals surface area contributed by atoms with E-state index in [9.17, 15) is 5.11 Å². The van der Waals surface area contributed by atoms with Crippen molar-refractivity contribution in [2.45, 2.75) is 56.4 Å². The van der Waals surface area contributed by atoms with E-state index < -0.39 is 42.9 Å². The van der Waals surface area contributed by atoms with Crippen molar-refractivity contribution >= 4 is 0 Å². The third kappa shape index (κ3) is 4.66. The van der Waals surface area contributed by atoms with Crippen molar-refractivity contribution in [3.63, 3.8) is 0 Å². The molecule has 1 aromatic rings. The molecular formula is C21H28O6. The summed E-state index contributed by atoms with van der Waals surface area (Å²) in [6, 6.07) is 9.80. The predicted molar refractivity (Wildman–Crippen MR) is 100 cm³/mol. The second-order valence-electron chi connectivity index (χ2n) is 6.69. The van der Waals surface area contributed by atoms with E-state index in [0.717, 1.165) is 5.56 Å². The molecule has 27 heavy (non-hydrogen) atoms. The summed E-state index contributed by atoms with van der Waals surface area (Å²) in [6.45, 7) is 10.2. The third-order valence-electron chi connectivity index (χ3n) is 4.76. The minimum Gasteiger partial charge on any atom is -0.387 e. The van der Waals surface area contributed by atoms with E-state index in [-0.39, 0.29) is 0 Å². The van der Waals surface area contributed by atoms with Gasteiger partial charge in [0.05, 0.1) is 19.8 Å².